The van der Waals surface area contributed by atoms with E-state index in [2.05, 4.69) is 20.8 Å². The molecule has 0 amide bonds. The van der Waals surface area contributed by atoms with Crippen molar-refractivity contribution in [3.8, 4) is 0 Å². The molecule has 2 atom stereocenters. The van der Waals surface area contributed by atoms with Crippen LogP contribution in [-0.2, 0) is 0 Å². The molecule has 2 N–H and O–H groups in total. The average Bonchev–Trinajstić information content (AvgIpc) is 2.18. The zero-order valence-electron chi connectivity index (χ0n) is 7.20. The van der Waals surface area contributed by atoms with Gasteiger partial charge in [0.15, 0.2) is 0 Å². The lowest BCUT2D eigenvalue weighted by Gasteiger charge is -2.59. The van der Waals surface area contributed by atoms with Gasteiger partial charge in [0.2, 0.25) is 0 Å². The number of hydrogen-bond acceptors (Lipinski definition) is 1. The van der Waals surface area contributed by atoms with Crippen molar-refractivity contribution in [3.05, 3.63) is 0 Å². The summed E-state index contributed by atoms with van der Waals surface area (Å²) in [6.45, 7) is 7.03. The van der Waals surface area contributed by atoms with Gasteiger partial charge in [0.25, 0.3) is 0 Å². The minimum atomic E-state index is 0.196. The van der Waals surface area contributed by atoms with Crippen molar-refractivity contribution in [2.75, 3.05) is 0 Å². The lowest BCUT2D eigenvalue weighted by Crippen LogP contribution is -2.64. The second-order valence-electron chi connectivity index (χ2n) is 5.02. The Labute approximate surface area is 63.0 Å². The molecule has 3 aliphatic rings. The number of rotatable bonds is 0. The quantitative estimate of drug-likeness (QED) is 0.545. The maximum Gasteiger partial charge on any atom is 0.0216 e. The van der Waals surface area contributed by atoms with Crippen LogP contribution in [0.3, 0.4) is 0 Å². The molecule has 0 unspecified atom stereocenters. The van der Waals surface area contributed by atoms with Crippen molar-refractivity contribution in [2.45, 2.75) is 45.6 Å². The van der Waals surface area contributed by atoms with E-state index in [1.54, 1.807) is 0 Å². The van der Waals surface area contributed by atoms with Crippen LogP contribution in [0.1, 0.15) is 40.0 Å². The summed E-state index contributed by atoms with van der Waals surface area (Å²) in [4.78, 5) is 0. The van der Waals surface area contributed by atoms with Gasteiger partial charge in [0.1, 0.15) is 0 Å². The fourth-order valence-electron chi connectivity index (χ4n) is 2.93. The highest BCUT2D eigenvalue weighted by Crippen LogP contribution is 2.71. The largest absolute Gasteiger partial charge is 0.325 e. The highest BCUT2D eigenvalue weighted by atomic mass is 14.9. The van der Waals surface area contributed by atoms with Crippen molar-refractivity contribution >= 4 is 0 Å². The molecule has 0 aliphatic heterocycles. The van der Waals surface area contributed by atoms with Gasteiger partial charge in [-0.15, -0.1) is 0 Å². The summed E-state index contributed by atoms with van der Waals surface area (Å²) >= 11 is 0. The Morgan fingerprint density at radius 3 is 1.80 bits per heavy atom. The minimum Gasteiger partial charge on any atom is -0.325 e. The Morgan fingerprint density at radius 1 is 1.10 bits per heavy atom. The zero-order chi connectivity index (χ0) is 7.62. The summed E-state index contributed by atoms with van der Waals surface area (Å²) in [6.07, 6.45) is 3.85. The topological polar surface area (TPSA) is 26.0 Å². The van der Waals surface area contributed by atoms with Crippen molar-refractivity contribution in [2.24, 2.45) is 16.6 Å². The molecule has 0 aromatic heterocycles. The van der Waals surface area contributed by atoms with Gasteiger partial charge >= 0.3 is 0 Å². The van der Waals surface area contributed by atoms with Crippen LogP contribution in [-0.4, -0.2) is 5.54 Å². The lowest BCUT2D eigenvalue weighted by molar-refractivity contribution is -0.0615. The molecule has 0 heterocycles. The van der Waals surface area contributed by atoms with Crippen LogP contribution < -0.4 is 5.73 Å². The van der Waals surface area contributed by atoms with Crippen LogP contribution in [0.5, 0.6) is 0 Å². The van der Waals surface area contributed by atoms with E-state index in [-0.39, 0.29) is 5.54 Å². The van der Waals surface area contributed by atoms with Gasteiger partial charge < -0.3 is 5.73 Å². The molecule has 0 aromatic carbocycles. The van der Waals surface area contributed by atoms with Gasteiger partial charge in [-0.25, -0.2) is 0 Å². The summed E-state index contributed by atoms with van der Waals surface area (Å²) in [5, 5.41) is 0. The first-order valence-electron chi connectivity index (χ1n) is 4.20. The van der Waals surface area contributed by atoms with Gasteiger partial charge in [0, 0.05) is 5.54 Å². The number of nitrogens with two attached hydrogens (primary N) is 1. The Morgan fingerprint density at radius 2 is 1.70 bits per heavy atom. The van der Waals surface area contributed by atoms with Crippen LogP contribution in [0.25, 0.3) is 0 Å². The standard InChI is InChI=1S/C9H17N/c1-7(2)8(3)4-5-9(7,10)6-8/h4-6,10H2,1-3H3/t8-,9+/m1/s1. The number of fused-ring (bicyclic) bond motifs is 1. The van der Waals surface area contributed by atoms with Gasteiger partial charge in [-0.3, -0.25) is 0 Å². The predicted molar refractivity (Wildman–Crippen MR) is 42.7 cm³/mol. The van der Waals surface area contributed by atoms with E-state index in [1.807, 2.05) is 0 Å². The summed E-state index contributed by atoms with van der Waals surface area (Å²) in [5.74, 6) is 0. The highest BCUT2D eigenvalue weighted by molar-refractivity contribution is 5.23. The molecule has 58 valence electrons. The molecular weight excluding hydrogens is 122 g/mol. The highest BCUT2D eigenvalue weighted by Gasteiger charge is 2.69. The van der Waals surface area contributed by atoms with Crippen molar-refractivity contribution in [1.82, 2.24) is 0 Å². The molecule has 0 saturated heterocycles. The molecule has 3 fully saturated rings. The third-order valence-corrected chi connectivity index (χ3v) is 4.58. The molecule has 3 rings (SSSR count). The molecule has 1 nitrogen and oxygen atoms in total. The van der Waals surface area contributed by atoms with Crippen LogP contribution in [0.15, 0.2) is 0 Å². The molecule has 10 heavy (non-hydrogen) atoms. The van der Waals surface area contributed by atoms with E-state index in [1.165, 1.54) is 19.3 Å². The molecule has 2 bridgehead atoms. The van der Waals surface area contributed by atoms with E-state index in [9.17, 15) is 0 Å². The van der Waals surface area contributed by atoms with E-state index in [4.69, 9.17) is 5.73 Å². The van der Waals surface area contributed by atoms with E-state index in [0.29, 0.717) is 10.8 Å². The van der Waals surface area contributed by atoms with Crippen molar-refractivity contribution in [3.63, 3.8) is 0 Å². The molecule has 0 radical (unpaired) electrons. The normalized spacial score (nSPS) is 56.4. The first-order chi connectivity index (χ1) is 4.41. The Hall–Kier alpha value is -0.0400. The third kappa shape index (κ3) is 0.402. The molecule has 0 aromatic rings. The summed E-state index contributed by atoms with van der Waals surface area (Å²) < 4.78 is 0. The summed E-state index contributed by atoms with van der Waals surface area (Å²) in [7, 11) is 0. The zero-order valence-corrected chi connectivity index (χ0v) is 7.20. The smallest absolute Gasteiger partial charge is 0.0216 e. The second kappa shape index (κ2) is 1.29. The maximum atomic E-state index is 6.21. The van der Waals surface area contributed by atoms with E-state index < -0.39 is 0 Å². The van der Waals surface area contributed by atoms with Gasteiger partial charge in [-0.05, 0) is 30.1 Å². The van der Waals surface area contributed by atoms with Gasteiger partial charge in [-0.2, -0.15) is 0 Å². The van der Waals surface area contributed by atoms with Crippen molar-refractivity contribution < 1.29 is 0 Å². The first-order valence-corrected chi connectivity index (χ1v) is 4.20. The van der Waals surface area contributed by atoms with E-state index in [0.717, 1.165) is 0 Å². The average molecular weight is 139 g/mol. The summed E-state index contributed by atoms with van der Waals surface area (Å²) in [6, 6.07) is 0. The fourth-order valence-corrected chi connectivity index (χ4v) is 2.93. The first kappa shape index (κ1) is 6.66. The Balaban J connectivity index is 2.39. The van der Waals surface area contributed by atoms with Crippen LogP contribution in [0, 0.1) is 10.8 Å². The predicted octanol–water partition coefficient (Wildman–Crippen LogP) is 1.91. The third-order valence-electron chi connectivity index (χ3n) is 4.58. The maximum absolute atomic E-state index is 6.21. The Kier molecular flexibility index (Phi) is 0.860. The van der Waals surface area contributed by atoms with Crippen LogP contribution in [0.2, 0.25) is 0 Å². The molecule has 0 spiro atoms. The monoisotopic (exact) mass is 139 g/mol. The Bertz CT molecular complexity index is 167. The van der Waals surface area contributed by atoms with Gasteiger partial charge in [0.05, 0.1) is 0 Å². The summed E-state index contributed by atoms with van der Waals surface area (Å²) in [5.41, 5.74) is 7.38. The SMILES string of the molecule is CC1(C)[C@]2(C)CC[C@]1(N)C2. The fraction of sp³-hybridized carbons (Fsp3) is 1.00. The number of hydrogen-bond donors (Lipinski definition) is 1. The molecular formula is C9H17N. The minimum absolute atomic E-state index is 0.196. The van der Waals surface area contributed by atoms with Crippen LogP contribution >= 0.6 is 0 Å². The van der Waals surface area contributed by atoms with Gasteiger partial charge in [-0.1, -0.05) is 20.8 Å². The molecule has 1 heteroatoms. The van der Waals surface area contributed by atoms with Crippen molar-refractivity contribution in [1.29, 1.82) is 0 Å². The second-order valence-corrected chi connectivity index (χ2v) is 5.02. The van der Waals surface area contributed by atoms with Crippen LogP contribution in [0.4, 0.5) is 0 Å². The van der Waals surface area contributed by atoms with E-state index >= 15 is 0 Å². The molecule has 3 aliphatic carbocycles. The molecule has 3 saturated carbocycles. The lowest BCUT2D eigenvalue weighted by atomic mass is 9.48.